The van der Waals surface area contributed by atoms with Gasteiger partial charge in [0.1, 0.15) is 50.0 Å². The van der Waals surface area contributed by atoms with Crippen LogP contribution in [0.1, 0.15) is 57.6 Å². The first-order valence-electron chi connectivity index (χ1n) is 16.4. The molecule has 1 saturated heterocycles. The summed E-state index contributed by atoms with van der Waals surface area (Å²) in [5, 5.41) is 10.5. The van der Waals surface area contributed by atoms with E-state index in [1.54, 1.807) is 46.0 Å². The van der Waals surface area contributed by atoms with Gasteiger partial charge in [-0.3, -0.25) is 0 Å². The van der Waals surface area contributed by atoms with Crippen molar-refractivity contribution < 1.29 is 13.2 Å². The first kappa shape index (κ1) is 37.5. The Morgan fingerprint density at radius 3 is 2.09 bits per heavy atom. The molecule has 0 radical (unpaired) electrons. The summed E-state index contributed by atoms with van der Waals surface area (Å²) in [5.41, 5.74) is 3.19. The van der Waals surface area contributed by atoms with E-state index in [1.807, 2.05) is 21.7 Å². The van der Waals surface area contributed by atoms with Gasteiger partial charge in [0.2, 0.25) is 5.95 Å². The molecule has 47 heavy (non-hydrogen) atoms. The molecule has 0 saturated carbocycles. The molecule has 19 heteroatoms. The fourth-order valence-corrected chi connectivity index (χ4v) is 8.00. The molecule has 2 aromatic carbocycles. The van der Waals surface area contributed by atoms with Gasteiger partial charge in [-0.15, -0.1) is 0 Å². The molecular formula is C28H45B9ClN5O3S. The molecule has 2 heterocycles. The number of aromatic nitrogens is 2. The van der Waals surface area contributed by atoms with Crippen molar-refractivity contribution in [1.29, 1.82) is 0 Å². The van der Waals surface area contributed by atoms with Crippen LogP contribution in [0.5, 0.6) is 5.75 Å². The first-order valence-corrected chi connectivity index (χ1v) is 18.2. The van der Waals surface area contributed by atoms with E-state index in [-0.39, 0.29) is 31.5 Å². The number of nitrogens with one attached hydrogen (secondary N) is 3. The molecule has 0 spiro atoms. The van der Waals surface area contributed by atoms with Crippen molar-refractivity contribution in [2.24, 2.45) is 0 Å². The molecule has 0 unspecified atom stereocenters. The Hall–Kier alpha value is -2.30. The van der Waals surface area contributed by atoms with Gasteiger partial charge in [0.25, 0.3) is 0 Å². The van der Waals surface area contributed by atoms with Gasteiger partial charge in [-0.2, -0.15) is 4.98 Å². The van der Waals surface area contributed by atoms with Crippen LogP contribution in [0.25, 0.3) is 0 Å². The average Bonchev–Trinajstić information content (AvgIpc) is 2.87. The number of rotatable bonds is 10. The summed E-state index contributed by atoms with van der Waals surface area (Å²) < 4.78 is 32.4. The Balaban J connectivity index is 1.80. The number of hydrogen-bond acceptors (Lipinski definition) is 8. The van der Waals surface area contributed by atoms with Gasteiger partial charge in [-0.25, -0.2) is 13.4 Å². The third-order valence-corrected chi connectivity index (χ3v) is 11.1. The normalized spacial score (nSPS) is 17.1. The predicted octanol–water partition coefficient (Wildman–Crippen LogP) is -3.18. The zero-order valence-corrected chi connectivity index (χ0v) is 32.0. The van der Waals surface area contributed by atoms with E-state index >= 15 is 0 Å². The molecule has 1 aromatic heterocycles. The van der Waals surface area contributed by atoms with Crippen molar-refractivity contribution in [1.82, 2.24) is 15.3 Å². The van der Waals surface area contributed by atoms with Gasteiger partial charge in [-0.05, 0) is 73.1 Å². The van der Waals surface area contributed by atoms with Crippen LogP contribution in [-0.2, 0) is 15.0 Å². The molecule has 1 aliphatic heterocycles. The van der Waals surface area contributed by atoms with Crippen molar-refractivity contribution in [3.8, 4) is 5.75 Å². The molecule has 0 atom stereocenters. The van der Waals surface area contributed by atoms with Gasteiger partial charge in [0.15, 0.2) is 23.5 Å². The Kier molecular flexibility index (Phi) is 10.3. The Bertz CT molecular complexity index is 1750. The number of halogens is 1. The number of benzene rings is 2. The summed E-state index contributed by atoms with van der Waals surface area (Å²) in [4.78, 5) is 9.37. The lowest BCUT2D eigenvalue weighted by molar-refractivity contribution is 0.199. The second-order valence-electron chi connectivity index (χ2n) is 17.2. The molecular weight excluding hydrogens is 619 g/mol. The standard InChI is InChI=1S/C28H45B9ClN5O3S/c1-24(2,29)46-20-9-15(14-11-26(31,32)43-27(33,34)12-14)16(28(35,36)37)10-19(20)41-23-39-13-17(38)22(42-23)40-18-7-5-6-8-21(18)47(44,45)25(3,4)30/h5-10,13-14,43H,11-12,29-37H2,1-4H3,(H2,39,40,41,42). The summed E-state index contributed by atoms with van der Waals surface area (Å²) >= 11 is 6.57. The number of hydrogen-bond donors (Lipinski definition) is 3. The summed E-state index contributed by atoms with van der Waals surface area (Å²) in [7, 11) is 15.9. The Morgan fingerprint density at radius 2 is 1.53 bits per heavy atom. The molecule has 0 aliphatic carbocycles. The van der Waals surface area contributed by atoms with Crippen molar-refractivity contribution in [2.75, 3.05) is 10.6 Å². The van der Waals surface area contributed by atoms with Crippen molar-refractivity contribution in [3.05, 3.63) is 58.7 Å². The summed E-state index contributed by atoms with van der Waals surface area (Å²) in [6.07, 6.45) is 3.51. The predicted molar refractivity (Wildman–Crippen MR) is 222 cm³/mol. The monoisotopic (exact) mass is 665 g/mol. The molecule has 0 amide bonds. The molecule has 4 rings (SSSR count). The van der Waals surface area contributed by atoms with Gasteiger partial charge in [0, 0.05) is 4.65 Å². The first-order chi connectivity index (χ1) is 21.3. The van der Waals surface area contributed by atoms with E-state index < -0.39 is 20.0 Å². The van der Waals surface area contributed by atoms with Gasteiger partial charge in [-0.1, -0.05) is 48.3 Å². The number of piperidine rings is 1. The summed E-state index contributed by atoms with van der Waals surface area (Å²) in [5.74, 6) is 1.62. The minimum absolute atomic E-state index is 0.0189. The lowest BCUT2D eigenvalue weighted by Gasteiger charge is -2.48. The maximum absolute atomic E-state index is 13.4. The molecule has 240 valence electrons. The van der Waals surface area contributed by atoms with E-state index in [1.165, 1.54) is 17.3 Å². The molecule has 8 nitrogen and oxygen atoms in total. The second kappa shape index (κ2) is 12.9. The zero-order valence-electron chi connectivity index (χ0n) is 30.4. The van der Waals surface area contributed by atoms with Gasteiger partial charge >= 0.3 is 0 Å². The van der Waals surface area contributed by atoms with Crippen molar-refractivity contribution in [2.45, 2.75) is 77.3 Å². The van der Waals surface area contributed by atoms with Gasteiger partial charge < -0.3 is 20.7 Å². The van der Waals surface area contributed by atoms with E-state index in [4.69, 9.17) is 21.3 Å². The number of nitrogens with zero attached hydrogens (tertiary/aromatic N) is 2. The maximum atomic E-state index is 13.4. The minimum Gasteiger partial charge on any atom is -0.495 e. The Morgan fingerprint density at radius 1 is 0.936 bits per heavy atom. The van der Waals surface area contributed by atoms with Crippen LogP contribution in [0.15, 0.2) is 47.5 Å². The van der Waals surface area contributed by atoms with Crippen LogP contribution in [0.4, 0.5) is 23.1 Å². The highest BCUT2D eigenvalue weighted by Crippen LogP contribution is 2.44. The lowest BCUT2D eigenvalue weighted by atomic mass is 9.38. The fraction of sp³-hybridized carbons (Fsp3) is 0.429. The highest BCUT2D eigenvalue weighted by Gasteiger charge is 2.40. The number of ether oxygens (including phenoxy) is 1. The summed E-state index contributed by atoms with van der Waals surface area (Å²) in [6, 6.07) is 11.2. The number of para-hydroxylation sites is 1. The van der Waals surface area contributed by atoms with E-state index in [9.17, 15) is 8.42 Å². The highest BCUT2D eigenvalue weighted by molar-refractivity contribution is 7.94. The average molecular weight is 665 g/mol. The van der Waals surface area contributed by atoms with Crippen molar-refractivity contribution in [3.63, 3.8) is 0 Å². The minimum atomic E-state index is -3.65. The molecule has 3 aromatic rings. The largest absolute Gasteiger partial charge is 0.495 e. The molecule has 1 fully saturated rings. The molecule has 0 bridgehead atoms. The molecule has 1 aliphatic rings. The quantitative estimate of drug-likeness (QED) is 0.195. The van der Waals surface area contributed by atoms with E-state index in [0.29, 0.717) is 23.3 Å². The van der Waals surface area contributed by atoms with Crippen LogP contribution in [0.3, 0.4) is 0 Å². The van der Waals surface area contributed by atoms with Crippen LogP contribution in [-0.4, -0.2) is 110 Å². The number of anilines is 4. The van der Waals surface area contributed by atoms with Crippen LogP contribution < -0.4 is 20.7 Å². The molecule has 3 N–H and O–H groups in total. The Labute approximate surface area is 294 Å². The highest BCUT2D eigenvalue weighted by atomic mass is 35.5. The third-order valence-electron chi connectivity index (χ3n) is 8.23. The third kappa shape index (κ3) is 9.04. The zero-order chi connectivity index (χ0) is 35.4. The van der Waals surface area contributed by atoms with Crippen LogP contribution in [0.2, 0.25) is 5.02 Å². The maximum Gasteiger partial charge on any atom is 0.229 e. The summed E-state index contributed by atoms with van der Waals surface area (Å²) in [6.45, 7) is 7.43. The van der Waals surface area contributed by atoms with Crippen LogP contribution >= 0.6 is 11.6 Å². The van der Waals surface area contributed by atoms with Crippen molar-refractivity contribution >= 4 is 115 Å². The fourth-order valence-electron chi connectivity index (χ4n) is 6.53. The number of sulfone groups is 1. The lowest BCUT2D eigenvalue weighted by Crippen LogP contribution is -2.64. The SMILES string of the molecule is BC1(B)CC(c2cc(OC(B)(C)C)c(Nc3ncc(Cl)c(Nc4ccccc4S(=O)(=O)C(B)(C)C)n3)cc2C(B)(B)B)CC(B)(B)N1. The second-order valence-corrected chi connectivity index (χ2v) is 20.2. The topological polar surface area (TPSA) is 105 Å². The van der Waals surface area contributed by atoms with Crippen LogP contribution in [0, 0.1) is 0 Å². The van der Waals surface area contributed by atoms with E-state index in [2.05, 4.69) is 88.0 Å². The van der Waals surface area contributed by atoms with Gasteiger partial charge in [0.05, 0.1) is 51.5 Å². The smallest absolute Gasteiger partial charge is 0.229 e. The van der Waals surface area contributed by atoms with E-state index in [0.717, 1.165) is 18.5 Å².